The second-order valence-corrected chi connectivity index (χ2v) is 13.7. The zero-order valence-electron chi connectivity index (χ0n) is 28.7. The van der Waals surface area contributed by atoms with Gasteiger partial charge in [0.1, 0.15) is 22.3 Å². The Morgan fingerprint density at radius 1 is 0.264 bits per heavy atom. The Balaban J connectivity index is 1.08. The van der Waals surface area contributed by atoms with E-state index < -0.39 is 0 Å². The van der Waals surface area contributed by atoms with Crippen LogP contribution >= 0.6 is 0 Å². The molecule has 53 heavy (non-hydrogen) atoms. The minimum atomic E-state index is 0.853. The molecule has 0 aliphatic carbocycles. The summed E-state index contributed by atoms with van der Waals surface area (Å²) in [4.78, 5) is 2.30. The Bertz CT molecular complexity index is 3070. The first-order valence-electron chi connectivity index (χ1n) is 18.0. The van der Waals surface area contributed by atoms with Crippen LogP contribution in [-0.4, -0.2) is 0 Å². The maximum absolute atomic E-state index is 6.39. The molecule has 0 spiro atoms. The van der Waals surface area contributed by atoms with Crippen molar-refractivity contribution in [1.29, 1.82) is 0 Å². The zero-order valence-corrected chi connectivity index (χ0v) is 28.7. The van der Waals surface area contributed by atoms with Gasteiger partial charge in [-0.1, -0.05) is 115 Å². The second kappa shape index (κ2) is 11.7. The molecule has 0 N–H and O–H groups in total. The molecule has 0 amide bonds. The minimum Gasteiger partial charge on any atom is -0.456 e. The van der Waals surface area contributed by atoms with Gasteiger partial charge in [0.15, 0.2) is 0 Å². The fourth-order valence-corrected chi connectivity index (χ4v) is 8.02. The van der Waals surface area contributed by atoms with E-state index in [0.717, 1.165) is 72.1 Å². The Morgan fingerprint density at radius 2 is 0.717 bits per heavy atom. The van der Waals surface area contributed by atoms with Gasteiger partial charge in [-0.05, 0) is 104 Å². The lowest BCUT2D eigenvalue weighted by Crippen LogP contribution is -2.09. The van der Waals surface area contributed by atoms with Crippen LogP contribution in [0.15, 0.2) is 197 Å². The van der Waals surface area contributed by atoms with Crippen molar-refractivity contribution < 1.29 is 8.83 Å². The summed E-state index contributed by atoms with van der Waals surface area (Å²) in [5.74, 6) is 0. The van der Waals surface area contributed by atoms with Gasteiger partial charge in [0.05, 0.1) is 0 Å². The summed E-state index contributed by atoms with van der Waals surface area (Å²) in [6.07, 6.45) is 0. The maximum atomic E-state index is 6.39. The molecule has 11 aromatic rings. The van der Waals surface area contributed by atoms with Crippen LogP contribution in [0.2, 0.25) is 0 Å². The van der Waals surface area contributed by atoms with Crippen LogP contribution in [0.1, 0.15) is 0 Å². The highest BCUT2D eigenvalue weighted by Gasteiger charge is 2.18. The summed E-state index contributed by atoms with van der Waals surface area (Å²) in [6, 6.07) is 66.9. The molecule has 0 saturated heterocycles. The summed E-state index contributed by atoms with van der Waals surface area (Å²) >= 11 is 0. The lowest BCUT2D eigenvalue weighted by Gasteiger charge is -2.26. The minimum absolute atomic E-state index is 0.853. The van der Waals surface area contributed by atoms with E-state index in [1.165, 1.54) is 32.7 Å². The summed E-state index contributed by atoms with van der Waals surface area (Å²) < 4.78 is 12.8. The third-order valence-corrected chi connectivity index (χ3v) is 10.6. The molecule has 2 heterocycles. The number of nitrogens with zero attached hydrogens (tertiary/aromatic N) is 1. The van der Waals surface area contributed by atoms with Gasteiger partial charge in [0.25, 0.3) is 0 Å². The molecule has 0 aliphatic heterocycles. The van der Waals surface area contributed by atoms with Crippen LogP contribution < -0.4 is 4.90 Å². The van der Waals surface area contributed by atoms with E-state index in [1.54, 1.807) is 0 Å². The summed E-state index contributed by atoms with van der Waals surface area (Å²) in [5.41, 5.74) is 11.3. The van der Waals surface area contributed by atoms with Crippen LogP contribution in [0.3, 0.4) is 0 Å². The predicted molar refractivity (Wildman–Crippen MR) is 222 cm³/mol. The van der Waals surface area contributed by atoms with E-state index >= 15 is 0 Å². The van der Waals surface area contributed by atoms with Crippen LogP contribution in [0.5, 0.6) is 0 Å². The highest BCUT2D eigenvalue weighted by Crippen LogP contribution is 2.42. The first-order chi connectivity index (χ1) is 26.2. The molecule has 11 rings (SSSR count). The standard InChI is InChI=1S/C50H31NO2/c1-2-9-32(10-3-1)36-21-19-33-17-18-34-20-22-37(29-46(34)45(33)28-36)35-11-8-12-38(27-35)51(39-23-25-43-41-13-4-6-15-47(41)52-49(43)30-39)40-24-26-44-42-14-5-7-16-48(42)53-50(44)31-40/h1-31H. The predicted octanol–water partition coefficient (Wildman–Crippen LogP) is 14.6. The SMILES string of the molecule is c1ccc(-c2ccc3ccc4ccc(-c5cccc(N(c6ccc7c(c6)oc6ccccc67)c6ccc7c(c6)oc6ccccc67)c5)cc4c3c2)cc1. The molecule has 0 saturated carbocycles. The van der Waals surface area contributed by atoms with Crippen molar-refractivity contribution in [3.05, 3.63) is 188 Å². The highest BCUT2D eigenvalue weighted by molar-refractivity contribution is 6.11. The molecule has 0 fully saturated rings. The van der Waals surface area contributed by atoms with Crippen molar-refractivity contribution in [2.45, 2.75) is 0 Å². The maximum Gasteiger partial charge on any atom is 0.137 e. The molecule has 0 atom stereocenters. The molecular weight excluding hydrogens is 647 g/mol. The number of rotatable bonds is 5. The number of furan rings is 2. The molecule has 2 aromatic heterocycles. The molecular formula is C50H31NO2. The topological polar surface area (TPSA) is 29.5 Å². The van der Waals surface area contributed by atoms with E-state index in [0.29, 0.717) is 0 Å². The molecule has 0 bridgehead atoms. The smallest absolute Gasteiger partial charge is 0.137 e. The quantitative estimate of drug-likeness (QED) is 0.170. The van der Waals surface area contributed by atoms with Gasteiger partial charge in [0, 0.05) is 50.7 Å². The van der Waals surface area contributed by atoms with Crippen molar-refractivity contribution in [1.82, 2.24) is 0 Å². The summed E-state index contributed by atoms with van der Waals surface area (Å²) in [6.45, 7) is 0. The fourth-order valence-electron chi connectivity index (χ4n) is 8.02. The summed E-state index contributed by atoms with van der Waals surface area (Å²) in [7, 11) is 0. The lowest BCUT2D eigenvalue weighted by molar-refractivity contribution is 0.669. The number of para-hydroxylation sites is 2. The number of fused-ring (bicyclic) bond motifs is 9. The van der Waals surface area contributed by atoms with E-state index in [-0.39, 0.29) is 0 Å². The van der Waals surface area contributed by atoms with Crippen LogP contribution in [-0.2, 0) is 0 Å². The number of anilines is 3. The normalized spacial score (nSPS) is 11.8. The monoisotopic (exact) mass is 677 g/mol. The first-order valence-corrected chi connectivity index (χ1v) is 18.0. The number of hydrogen-bond donors (Lipinski definition) is 0. The largest absolute Gasteiger partial charge is 0.456 e. The molecule has 3 heteroatoms. The molecule has 9 aromatic carbocycles. The van der Waals surface area contributed by atoms with Crippen molar-refractivity contribution >= 4 is 82.5 Å². The van der Waals surface area contributed by atoms with Crippen LogP contribution in [0.4, 0.5) is 17.1 Å². The summed E-state index contributed by atoms with van der Waals surface area (Å²) in [5, 5.41) is 9.39. The molecule has 0 radical (unpaired) electrons. The third-order valence-electron chi connectivity index (χ3n) is 10.6. The van der Waals surface area contributed by atoms with Crippen molar-refractivity contribution in [3.63, 3.8) is 0 Å². The number of benzene rings is 9. The Morgan fingerprint density at radius 3 is 1.32 bits per heavy atom. The molecule has 248 valence electrons. The Kier molecular flexibility index (Phi) is 6.55. The van der Waals surface area contributed by atoms with Gasteiger partial charge < -0.3 is 13.7 Å². The fraction of sp³-hybridized carbons (Fsp3) is 0. The molecule has 3 nitrogen and oxygen atoms in total. The molecule has 0 aliphatic rings. The molecule has 0 unspecified atom stereocenters. The van der Waals surface area contributed by atoms with Gasteiger partial charge in [0.2, 0.25) is 0 Å². The van der Waals surface area contributed by atoms with Crippen molar-refractivity contribution in [2.75, 3.05) is 4.90 Å². The highest BCUT2D eigenvalue weighted by atomic mass is 16.3. The third kappa shape index (κ3) is 4.90. The van der Waals surface area contributed by atoms with Gasteiger partial charge in [-0.2, -0.15) is 0 Å². The first kappa shape index (κ1) is 29.6. The van der Waals surface area contributed by atoms with E-state index in [9.17, 15) is 0 Å². The van der Waals surface area contributed by atoms with E-state index in [4.69, 9.17) is 8.83 Å². The van der Waals surface area contributed by atoms with Crippen molar-refractivity contribution in [3.8, 4) is 22.3 Å². The van der Waals surface area contributed by atoms with Crippen molar-refractivity contribution in [2.24, 2.45) is 0 Å². The Labute approximate surface area is 305 Å². The van der Waals surface area contributed by atoms with Gasteiger partial charge in [-0.25, -0.2) is 0 Å². The van der Waals surface area contributed by atoms with E-state index in [1.807, 2.05) is 24.3 Å². The Hall–Kier alpha value is -7.10. The average molecular weight is 678 g/mol. The van der Waals surface area contributed by atoms with Gasteiger partial charge in [-0.3, -0.25) is 0 Å². The van der Waals surface area contributed by atoms with Crippen LogP contribution in [0, 0.1) is 0 Å². The number of hydrogen-bond acceptors (Lipinski definition) is 3. The second-order valence-electron chi connectivity index (χ2n) is 13.7. The zero-order chi connectivity index (χ0) is 34.9. The van der Waals surface area contributed by atoms with Gasteiger partial charge in [-0.15, -0.1) is 0 Å². The van der Waals surface area contributed by atoms with E-state index in [2.05, 4.69) is 169 Å². The average Bonchev–Trinajstić information content (AvgIpc) is 3.78. The van der Waals surface area contributed by atoms with Crippen LogP contribution in [0.25, 0.3) is 87.7 Å². The van der Waals surface area contributed by atoms with Gasteiger partial charge >= 0.3 is 0 Å². The lowest BCUT2D eigenvalue weighted by atomic mass is 9.94.